The van der Waals surface area contributed by atoms with Gasteiger partial charge in [0.2, 0.25) is 5.91 Å². The quantitative estimate of drug-likeness (QED) is 0.866. The summed E-state index contributed by atoms with van der Waals surface area (Å²) in [6, 6.07) is 4.11. The van der Waals surface area contributed by atoms with Crippen LogP contribution >= 0.6 is 0 Å². The molecule has 5 heteroatoms. The lowest BCUT2D eigenvalue weighted by Crippen LogP contribution is -2.34. The van der Waals surface area contributed by atoms with Crippen LogP contribution in [0.5, 0.6) is 0 Å². The molecule has 134 valence electrons. The molecule has 1 fully saturated rings. The standard InChI is InChI=1S/C20H25NO4/c1-11(2)16-9-17-14(10-25-18(17)6-12(16)3)8-19(22)21-15-5-4-13(7-15)20(23)24/h6,9-11,13,15H,4-5,7-8H2,1-3H3,(H,21,22)(H,23,24)/t13-,15+/m1/s1. The molecule has 1 aromatic carbocycles. The first kappa shape index (κ1) is 17.5. The second kappa shape index (κ2) is 6.90. The predicted molar refractivity (Wildman–Crippen MR) is 95.7 cm³/mol. The highest BCUT2D eigenvalue weighted by Gasteiger charge is 2.30. The Hall–Kier alpha value is -2.30. The van der Waals surface area contributed by atoms with Gasteiger partial charge in [-0.1, -0.05) is 13.8 Å². The number of fused-ring (bicyclic) bond motifs is 1. The summed E-state index contributed by atoms with van der Waals surface area (Å²) in [7, 11) is 0. The van der Waals surface area contributed by atoms with Crippen molar-refractivity contribution in [2.45, 2.75) is 58.4 Å². The Morgan fingerprint density at radius 3 is 2.72 bits per heavy atom. The number of hydrogen-bond acceptors (Lipinski definition) is 3. The van der Waals surface area contributed by atoms with E-state index in [9.17, 15) is 9.59 Å². The summed E-state index contributed by atoms with van der Waals surface area (Å²) in [6.45, 7) is 6.38. The van der Waals surface area contributed by atoms with Crippen molar-refractivity contribution in [2.24, 2.45) is 5.92 Å². The molecule has 1 aliphatic rings. The van der Waals surface area contributed by atoms with Crippen LogP contribution in [0.3, 0.4) is 0 Å². The lowest BCUT2D eigenvalue weighted by molar-refractivity contribution is -0.141. The third-order valence-corrected chi connectivity index (χ3v) is 5.16. The van der Waals surface area contributed by atoms with Gasteiger partial charge in [0, 0.05) is 17.0 Å². The zero-order valence-corrected chi connectivity index (χ0v) is 15.0. The fourth-order valence-electron chi connectivity index (χ4n) is 3.79. The first-order valence-corrected chi connectivity index (χ1v) is 8.88. The molecule has 2 atom stereocenters. The average molecular weight is 343 g/mol. The van der Waals surface area contributed by atoms with Gasteiger partial charge in [0.15, 0.2) is 0 Å². The van der Waals surface area contributed by atoms with Gasteiger partial charge in [-0.15, -0.1) is 0 Å². The van der Waals surface area contributed by atoms with Gasteiger partial charge >= 0.3 is 5.97 Å². The Bertz CT molecular complexity index is 805. The molecule has 1 aromatic heterocycles. The van der Waals surface area contributed by atoms with Crippen LogP contribution in [0.2, 0.25) is 0 Å². The Morgan fingerprint density at radius 1 is 1.32 bits per heavy atom. The van der Waals surface area contributed by atoms with E-state index in [0.717, 1.165) is 23.0 Å². The van der Waals surface area contributed by atoms with Gasteiger partial charge in [0.05, 0.1) is 18.6 Å². The van der Waals surface area contributed by atoms with Gasteiger partial charge < -0.3 is 14.8 Å². The van der Waals surface area contributed by atoms with E-state index < -0.39 is 5.97 Å². The fourth-order valence-corrected chi connectivity index (χ4v) is 3.79. The van der Waals surface area contributed by atoms with Gasteiger partial charge in [-0.25, -0.2) is 0 Å². The number of aliphatic carboxylic acids is 1. The van der Waals surface area contributed by atoms with E-state index in [1.165, 1.54) is 11.1 Å². The number of carbonyl (C=O) groups excluding carboxylic acids is 1. The van der Waals surface area contributed by atoms with Gasteiger partial charge in [0.25, 0.3) is 0 Å². The van der Waals surface area contributed by atoms with Crippen molar-refractivity contribution in [1.29, 1.82) is 0 Å². The summed E-state index contributed by atoms with van der Waals surface area (Å²) in [5.41, 5.74) is 4.13. The first-order chi connectivity index (χ1) is 11.8. The molecule has 2 N–H and O–H groups in total. The van der Waals surface area contributed by atoms with Gasteiger partial charge in [-0.3, -0.25) is 9.59 Å². The molecule has 0 radical (unpaired) electrons. The van der Waals surface area contributed by atoms with E-state index in [1.807, 2.05) is 6.07 Å². The highest BCUT2D eigenvalue weighted by molar-refractivity contribution is 5.88. The zero-order chi connectivity index (χ0) is 18.1. The van der Waals surface area contributed by atoms with E-state index in [0.29, 0.717) is 18.8 Å². The van der Waals surface area contributed by atoms with Gasteiger partial charge in [-0.05, 0) is 55.4 Å². The van der Waals surface area contributed by atoms with Crippen molar-refractivity contribution >= 4 is 22.8 Å². The molecule has 1 heterocycles. The molecule has 0 saturated heterocycles. The van der Waals surface area contributed by atoms with Crippen molar-refractivity contribution in [3.63, 3.8) is 0 Å². The first-order valence-electron chi connectivity index (χ1n) is 8.88. The minimum absolute atomic E-state index is 0.0414. The van der Waals surface area contributed by atoms with Crippen molar-refractivity contribution < 1.29 is 19.1 Å². The maximum Gasteiger partial charge on any atom is 0.306 e. The highest BCUT2D eigenvalue weighted by Crippen LogP contribution is 2.29. The Labute approximate surface area is 147 Å². The minimum Gasteiger partial charge on any atom is -0.481 e. The van der Waals surface area contributed by atoms with Crippen molar-refractivity contribution in [1.82, 2.24) is 5.32 Å². The second-order valence-corrected chi connectivity index (χ2v) is 7.41. The van der Waals surface area contributed by atoms with Gasteiger partial charge in [-0.2, -0.15) is 0 Å². The smallest absolute Gasteiger partial charge is 0.306 e. The zero-order valence-electron chi connectivity index (χ0n) is 15.0. The van der Waals surface area contributed by atoms with E-state index >= 15 is 0 Å². The summed E-state index contributed by atoms with van der Waals surface area (Å²) in [5, 5.41) is 13.0. The highest BCUT2D eigenvalue weighted by atomic mass is 16.4. The van der Waals surface area contributed by atoms with Crippen molar-refractivity contribution in [2.75, 3.05) is 0 Å². The molecule has 0 aliphatic heterocycles. The van der Waals surface area contributed by atoms with Crippen molar-refractivity contribution in [3.05, 3.63) is 35.1 Å². The predicted octanol–water partition coefficient (Wildman–Crippen LogP) is 3.78. The Balaban J connectivity index is 1.71. The van der Waals surface area contributed by atoms with E-state index in [-0.39, 0.29) is 24.3 Å². The van der Waals surface area contributed by atoms with Crippen molar-refractivity contribution in [3.8, 4) is 0 Å². The molecule has 0 spiro atoms. The van der Waals surface area contributed by atoms with Crippen LogP contribution < -0.4 is 5.32 Å². The molecular weight excluding hydrogens is 318 g/mol. The summed E-state index contributed by atoms with van der Waals surface area (Å²) in [6.07, 6.45) is 3.78. The topological polar surface area (TPSA) is 79.5 Å². The second-order valence-electron chi connectivity index (χ2n) is 7.41. The Kier molecular flexibility index (Phi) is 4.84. The number of carboxylic acid groups (broad SMARTS) is 1. The number of hydrogen-bond donors (Lipinski definition) is 2. The third kappa shape index (κ3) is 3.70. The van der Waals surface area contributed by atoms with E-state index in [2.05, 4.69) is 32.2 Å². The number of carbonyl (C=O) groups is 2. The largest absolute Gasteiger partial charge is 0.481 e. The van der Waals surface area contributed by atoms with Crippen LogP contribution in [-0.4, -0.2) is 23.0 Å². The number of nitrogens with one attached hydrogen (secondary N) is 1. The minimum atomic E-state index is -0.769. The molecule has 1 aliphatic carbocycles. The van der Waals surface area contributed by atoms with Gasteiger partial charge in [0.1, 0.15) is 5.58 Å². The number of furan rings is 1. The summed E-state index contributed by atoms with van der Waals surface area (Å²) < 4.78 is 5.63. The third-order valence-electron chi connectivity index (χ3n) is 5.16. The van der Waals surface area contributed by atoms with Crippen LogP contribution in [0.1, 0.15) is 55.7 Å². The fraction of sp³-hybridized carbons (Fsp3) is 0.500. The number of benzene rings is 1. The normalized spacial score (nSPS) is 20.3. The van der Waals surface area contributed by atoms with Crippen LogP contribution in [0.15, 0.2) is 22.8 Å². The van der Waals surface area contributed by atoms with Crippen LogP contribution in [-0.2, 0) is 16.0 Å². The average Bonchev–Trinajstić information content (AvgIpc) is 3.13. The monoisotopic (exact) mass is 343 g/mol. The number of aryl methyl sites for hydroxylation is 1. The lowest BCUT2D eigenvalue weighted by atomic mass is 9.95. The molecule has 25 heavy (non-hydrogen) atoms. The molecular formula is C20H25NO4. The van der Waals surface area contributed by atoms with Crippen LogP contribution in [0.25, 0.3) is 11.0 Å². The number of carboxylic acids is 1. The van der Waals surface area contributed by atoms with Crippen LogP contribution in [0, 0.1) is 12.8 Å². The number of rotatable bonds is 5. The summed E-state index contributed by atoms with van der Waals surface area (Å²) in [4.78, 5) is 23.4. The van der Waals surface area contributed by atoms with E-state index in [4.69, 9.17) is 9.52 Å². The molecule has 1 saturated carbocycles. The lowest BCUT2D eigenvalue weighted by Gasteiger charge is -2.12. The molecule has 5 nitrogen and oxygen atoms in total. The molecule has 0 unspecified atom stereocenters. The Morgan fingerprint density at radius 2 is 2.08 bits per heavy atom. The molecule has 1 amide bonds. The molecule has 2 aromatic rings. The maximum absolute atomic E-state index is 12.4. The molecule has 3 rings (SSSR count). The summed E-state index contributed by atoms with van der Waals surface area (Å²) >= 11 is 0. The summed E-state index contributed by atoms with van der Waals surface area (Å²) in [5.74, 6) is -0.774. The molecule has 0 bridgehead atoms. The van der Waals surface area contributed by atoms with Crippen LogP contribution in [0.4, 0.5) is 0 Å². The maximum atomic E-state index is 12.4. The number of amides is 1. The SMILES string of the molecule is Cc1cc2occ(CC(=O)N[C@H]3CC[C@@H](C(=O)O)C3)c2cc1C(C)C. The van der Waals surface area contributed by atoms with E-state index in [1.54, 1.807) is 6.26 Å².